The summed E-state index contributed by atoms with van der Waals surface area (Å²) >= 11 is 0. The Bertz CT molecular complexity index is 468. The monoisotopic (exact) mass is 241 g/mol. The number of hydrogen-bond donors (Lipinski definition) is 0. The summed E-state index contributed by atoms with van der Waals surface area (Å²) in [5, 5.41) is 0. The van der Waals surface area contributed by atoms with Crippen LogP contribution in [0.5, 0.6) is 0 Å². The van der Waals surface area contributed by atoms with Gasteiger partial charge in [-0.2, -0.15) is 0 Å². The number of allylic oxidation sites excluding steroid dienone is 3. The molecular formula is C16H19NO. The van der Waals surface area contributed by atoms with Gasteiger partial charge in [0.15, 0.2) is 5.78 Å². The van der Waals surface area contributed by atoms with Crippen molar-refractivity contribution in [3.63, 3.8) is 0 Å². The third-order valence-corrected chi connectivity index (χ3v) is 3.22. The number of anilines is 1. The Labute approximate surface area is 109 Å². The predicted octanol–water partition coefficient (Wildman–Crippen LogP) is 3.30. The van der Waals surface area contributed by atoms with Crippen molar-refractivity contribution in [1.82, 2.24) is 0 Å². The van der Waals surface area contributed by atoms with Crippen LogP contribution in [0.4, 0.5) is 5.69 Å². The summed E-state index contributed by atoms with van der Waals surface area (Å²) in [6, 6.07) is 8.33. The lowest BCUT2D eigenvalue weighted by Crippen LogP contribution is -2.12. The summed E-state index contributed by atoms with van der Waals surface area (Å²) in [7, 11) is 4.05. The highest BCUT2D eigenvalue weighted by Crippen LogP contribution is 2.19. The SMILES string of the molecule is CN(C)c1ccc(/C=C/C2CCC=CC2=O)cc1. The van der Waals surface area contributed by atoms with Gasteiger partial charge in [0.25, 0.3) is 0 Å². The number of benzene rings is 1. The summed E-state index contributed by atoms with van der Waals surface area (Å²) in [6.07, 6.45) is 9.66. The van der Waals surface area contributed by atoms with E-state index in [0.29, 0.717) is 0 Å². The second-order valence-electron chi connectivity index (χ2n) is 4.83. The molecule has 18 heavy (non-hydrogen) atoms. The van der Waals surface area contributed by atoms with Crippen LogP contribution in [0.25, 0.3) is 6.08 Å². The molecule has 0 aliphatic heterocycles. The van der Waals surface area contributed by atoms with Gasteiger partial charge in [-0.05, 0) is 36.6 Å². The molecule has 1 aliphatic carbocycles. The first-order valence-electron chi connectivity index (χ1n) is 6.33. The number of carbonyl (C=O) groups is 1. The molecule has 0 fully saturated rings. The molecule has 0 saturated carbocycles. The van der Waals surface area contributed by atoms with Gasteiger partial charge in [-0.25, -0.2) is 0 Å². The summed E-state index contributed by atoms with van der Waals surface area (Å²) in [5.74, 6) is 0.283. The average molecular weight is 241 g/mol. The fourth-order valence-electron chi connectivity index (χ4n) is 2.04. The highest BCUT2D eigenvalue weighted by molar-refractivity contribution is 5.94. The van der Waals surface area contributed by atoms with Crippen molar-refractivity contribution in [3.8, 4) is 0 Å². The molecule has 2 heteroatoms. The number of nitrogens with zero attached hydrogens (tertiary/aromatic N) is 1. The summed E-state index contributed by atoms with van der Waals surface area (Å²) < 4.78 is 0. The first-order valence-corrected chi connectivity index (χ1v) is 6.33. The predicted molar refractivity (Wildman–Crippen MR) is 76.7 cm³/mol. The Morgan fingerprint density at radius 3 is 2.56 bits per heavy atom. The summed E-state index contributed by atoms with van der Waals surface area (Å²) in [5.41, 5.74) is 2.33. The van der Waals surface area contributed by atoms with Crippen LogP contribution < -0.4 is 4.90 Å². The Morgan fingerprint density at radius 1 is 1.22 bits per heavy atom. The van der Waals surface area contributed by atoms with Crippen LogP contribution in [0.2, 0.25) is 0 Å². The van der Waals surface area contributed by atoms with Gasteiger partial charge in [-0.1, -0.05) is 30.4 Å². The molecule has 0 amide bonds. The molecule has 0 N–H and O–H groups in total. The normalized spacial score (nSPS) is 19.4. The molecule has 0 saturated heterocycles. The van der Waals surface area contributed by atoms with Gasteiger partial charge in [-0.3, -0.25) is 4.79 Å². The van der Waals surface area contributed by atoms with Gasteiger partial charge in [0, 0.05) is 25.7 Å². The highest BCUT2D eigenvalue weighted by Gasteiger charge is 2.14. The Balaban J connectivity index is 2.04. The van der Waals surface area contributed by atoms with Crippen molar-refractivity contribution < 1.29 is 4.79 Å². The van der Waals surface area contributed by atoms with E-state index >= 15 is 0 Å². The minimum atomic E-state index is 0.0588. The molecule has 1 atom stereocenters. The van der Waals surface area contributed by atoms with Crippen molar-refractivity contribution in [1.29, 1.82) is 0 Å². The Morgan fingerprint density at radius 2 is 1.94 bits per heavy atom. The number of ketones is 1. The number of hydrogen-bond acceptors (Lipinski definition) is 2. The van der Waals surface area contributed by atoms with Crippen molar-refractivity contribution in [2.24, 2.45) is 5.92 Å². The lowest BCUT2D eigenvalue weighted by molar-refractivity contribution is -0.117. The second kappa shape index (κ2) is 5.67. The minimum Gasteiger partial charge on any atom is -0.378 e. The molecule has 1 aliphatic rings. The van der Waals surface area contributed by atoms with Crippen molar-refractivity contribution in [2.75, 3.05) is 19.0 Å². The first-order chi connectivity index (χ1) is 8.66. The standard InChI is InChI=1S/C16H19NO/c1-17(2)15-11-8-13(9-12-15)7-10-14-5-3-4-6-16(14)18/h4,6-12,14H,3,5H2,1-2H3/b10-7+. The highest BCUT2D eigenvalue weighted by atomic mass is 16.1. The third-order valence-electron chi connectivity index (χ3n) is 3.22. The number of carbonyl (C=O) groups excluding carboxylic acids is 1. The van der Waals surface area contributed by atoms with E-state index in [-0.39, 0.29) is 11.7 Å². The minimum absolute atomic E-state index is 0.0588. The van der Waals surface area contributed by atoms with Crippen LogP contribution in [-0.4, -0.2) is 19.9 Å². The van der Waals surface area contributed by atoms with E-state index < -0.39 is 0 Å². The number of rotatable bonds is 3. The Kier molecular flexibility index (Phi) is 3.98. The maximum atomic E-state index is 11.6. The lowest BCUT2D eigenvalue weighted by Gasteiger charge is -2.13. The second-order valence-corrected chi connectivity index (χ2v) is 4.83. The van der Waals surface area contributed by atoms with E-state index in [1.165, 1.54) is 5.69 Å². The maximum Gasteiger partial charge on any atom is 0.162 e. The van der Waals surface area contributed by atoms with Gasteiger partial charge >= 0.3 is 0 Å². The van der Waals surface area contributed by atoms with E-state index in [2.05, 4.69) is 29.2 Å². The van der Waals surface area contributed by atoms with Crippen LogP contribution in [0.3, 0.4) is 0 Å². The van der Waals surface area contributed by atoms with Gasteiger partial charge in [0.1, 0.15) is 0 Å². The zero-order valence-corrected chi connectivity index (χ0v) is 11.0. The van der Waals surface area contributed by atoms with E-state index in [9.17, 15) is 4.79 Å². The van der Waals surface area contributed by atoms with Crippen molar-refractivity contribution in [2.45, 2.75) is 12.8 Å². The topological polar surface area (TPSA) is 20.3 Å². The lowest BCUT2D eigenvalue weighted by atomic mass is 9.92. The molecule has 0 bridgehead atoms. The molecule has 0 radical (unpaired) electrons. The average Bonchev–Trinajstić information content (AvgIpc) is 2.38. The fraction of sp³-hybridized carbons (Fsp3) is 0.312. The van der Waals surface area contributed by atoms with Gasteiger partial charge in [-0.15, -0.1) is 0 Å². The van der Waals surface area contributed by atoms with Crippen LogP contribution in [-0.2, 0) is 4.79 Å². The van der Waals surface area contributed by atoms with Gasteiger partial charge in [0.2, 0.25) is 0 Å². The van der Waals surface area contributed by atoms with Crippen molar-refractivity contribution in [3.05, 3.63) is 48.1 Å². The molecule has 94 valence electrons. The van der Waals surface area contributed by atoms with Crippen molar-refractivity contribution >= 4 is 17.5 Å². The molecule has 0 heterocycles. The Hall–Kier alpha value is -1.83. The van der Waals surface area contributed by atoms with Crippen LogP contribution in [0, 0.1) is 5.92 Å². The molecule has 1 aromatic carbocycles. The molecule has 1 unspecified atom stereocenters. The largest absolute Gasteiger partial charge is 0.378 e. The fourth-order valence-corrected chi connectivity index (χ4v) is 2.04. The van der Waals surface area contributed by atoms with Crippen LogP contribution in [0.1, 0.15) is 18.4 Å². The third kappa shape index (κ3) is 3.10. The van der Waals surface area contributed by atoms with E-state index in [1.807, 2.05) is 32.3 Å². The first kappa shape index (κ1) is 12.6. The zero-order chi connectivity index (χ0) is 13.0. The smallest absolute Gasteiger partial charge is 0.162 e. The van der Waals surface area contributed by atoms with Crippen LogP contribution in [0.15, 0.2) is 42.5 Å². The maximum absolute atomic E-state index is 11.6. The van der Waals surface area contributed by atoms with Gasteiger partial charge in [0.05, 0.1) is 0 Å². The van der Waals surface area contributed by atoms with E-state index in [1.54, 1.807) is 6.08 Å². The van der Waals surface area contributed by atoms with Gasteiger partial charge < -0.3 is 4.90 Å². The summed E-state index contributed by atoms with van der Waals surface area (Å²) in [6.45, 7) is 0. The molecule has 2 rings (SSSR count). The van der Waals surface area contributed by atoms with Crippen LogP contribution >= 0.6 is 0 Å². The quantitative estimate of drug-likeness (QED) is 0.809. The van der Waals surface area contributed by atoms with E-state index in [4.69, 9.17) is 0 Å². The molecule has 1 aromatic rings. The van der Waals surface area contributed by atoms with E-state index in [0.717, 1.165) is 18.4 Å². The molecule has 0 aromatic heterocycles. The molecule has 0 spiro atoms. The summed E-state index contributed by atoms with van der Waals surface area (Å²) in [4.78, 5) is 13.7. The molecule has 2 nitrogen and oxygen atoms in total. The zero-order valence-electron chi connectivity index (χ0n) is 11.0. The molecular weight excluding hydrogens is 222 g/mol.